The number of amides is 1. The Morgan fingerprint density at radius 1 is 1.50 bits per heavy atom. The van der Waals surface area contributed by atoms with Crippen LogP contribution in [0.2, 0.25) is 0 Å². The molecule has 2 rings (SSSR count). The Kier molecular flexibility index (Phi) is 7.57. The third-order valence-electron chi connectivity index (χ3n) is 2.70. The summed E-state index contributed by atoms with van der Waals surface area (Å²) in [6.07, 6.45) is 4.21. The van der Waals surface area contributed by atoms with Crippen LogP contribution >= 0.6 is 24.8 Å². The predicted molar refractivity (Wildman–Crippen MR) is 84.5 cm³/mol. The number of carbonyl (C=O) groups excluding carboxylic acids is 1. The average molecular weight is 319 g/mol. The summed E-state index contributed by atoms with van der Waals surface area (Å²) in [7, 11) is 0. The first-order chi connectivity index (χ1) is 8.56. The van der Waals surface area contributed by atoms with Gasteiger partial charge in [0, 0.05) is 24.9 Å². The number of imidazole rings is 1. The van der Waals surface area contributed by atoms with Crippen LogP contribution in [0.4, 0.5) is 0 Å². The predicted octanol–water partition coefficient (Wildman–Crippen LogP) is 1.84. The molecule has 0 spiro atoms. The first-order valence-electron chi connectivity index (χ1n) is 6.01. The van der Waals surface area contributed by atoms with Gasteiger partial charge in [0.05, 0.1) is 12.2 Å². The molecule has 0 aliphatic carbocycles. The molecule has 0 saturated heterocycles. The molecule has 2 aromatic heterocycles. The number of hydrogen-bond acceptors (Lipinski definition) is 3. The van der Waals surface area contributed by atoms with Crippen LogP contribution in [0.3, 0.4) is 0 Å². The van der Waals surface area contributed by atoms with Crippen molar-refractivity contribution in [1.29, 1.82) is 0 Å². The minimum atomic E-state index is -0.117. The summed E-state index contributed by atoms with van der Waals surface area (Å²) >= 11 is 0. The van der Waals surface area contributed by atoms with E-state index in [1.54, 1.807) is 0 Å². The molecule has 0 saturated carbocycles. The summed E-state index contributed by atoms with van der Waals surface area (Å²) in [5.74, 6) is -0.0428. The lowest BCUT2D eigenvalue weighted by molar-refractivity contribution is -0.121. The molecule has 20 heavy (non-hydrogen) atoms. The van der Waals surface area contributed by atoms with Crippen molar-refractivity contribution in [2.24, 2.45) is 5.73 Å². The smallest absolute Gasteiger partial charge is 0.221 e. The van der Waals surface area contributed by atoms with E-state index in [-0.39, 0.29) is 36.8 Å². The van der Waals surface area contributed by atoms with Gasteiger partial charge < -0.3 is 15.5 Å². The van der Waals surface area contributed by atoms with Crippen molar-refractivity contribution in [3.8, 4) is 0 Å². The highest BCUT2D eigenvalue weighted by Gasteiger charge is 2.07. The first kappa shape index (κ1) is 18.7. The van der Waals surface area contributed by atoms with Crippen LogP contribution in [0.1, 0.15) is 24.6 Å². The van der Waals surface area contributed by atoms with Crippen molar-refractivity contribution in [1.82, 2.24) is 14.7 Å². The number of nitrogens with two attached hydrogens (primary N) is 1. The Morgan fingerprint density at radius 3 is 2.80 bits per heavy atom. The third kappa shape index (κ3) is 4.67. The fourth-order valence-electron chi connectivity index (χ4n) is 1.84. The fraction of sp³-hybridized carbons (Fsp3) is 0.385. The lowest BCUT2D eigenvalue weighted by atomic mass is 10.2. The lowest BCUT2D eigenvalue weighted by Gasteiger charge is -2.05. The van der Waals surface area contributed by atoms with Crippen molar-refractivity contribution in [2.45, 2.75) is 32.9 Å². The van der Waals surface area contributed by atoms with E-state index in [9.17, 15) is 4.79 Å². The first-order valence-corrected chi connectivity index (χ1v) is 6.01. The van der Waals surface area contributed by atoms with Gasteiger partial charge in [0.25, 0.3) is 0 Å². The maximum Gasteiger partial charge on any atom is 0.221 e. The van der Waals surface area contributed by atoms with Gasteiger partial charge in [0.1, 0.15) is 5.65 Å². The Balaban J connectivity index is 0.00000180. The average Bonchev–Trinajstić information content (AvgIpc) is 2.70. The fourth-order valence-corrected chi connectivity index (χ4v) is 1.84. The highest BCUT2D eigenvalue weighted by atomic mass is 35.5. The molecule has 0 aliphatic heterocycles. The Hall–Kier alpha value is -1.30. The van der Waals surface area contributed by atoms with Crippen molar-refractivity contribution in [3.05, 3.63) is 35.8 Å². The van der Waals surface area contributed by atoms with Gasteiger partial charge in [0.2, 0.25) is 5.91 Å². The molecular formula is C13H20Cl2N4O. The summed E-state index contributed by atoms with van der Waals surface area (Å²) in [6.45, 7) is 4.27. The molecule has 112 valence electrons. The quantitative estimate of drug-likeness (QED) is 0.903. The van der Waals surface area contributed by atoms with Crippen molar-refractivity contribution >= 4 is 36.4 Å². The molecule has 0 aliphatic rings. The molecule has 0 aromatic carbocycles. The van der Waals surface area contributed by atoms with Gasteiger partial charge >= 0.3 is 0 Å². The van der Waals surface area contributed by atoms with Gasteiger partial charge in [-0.2, -0.15) is 0 Å². The van der Waals surface area contributed by atoms with Crippen molar-refractivity contribution in [2.75, 3.05) is 0 Å². The van der Waals surface area contributed by atoms with Gasteiger partial charge in [-0.1, -0.05) is 6.07 Å². The molecule has 3 N–H and O–H groups in total. The zero-order chi connectivity index (χ0) is 13.1. The van der Waals surface area contributed by atoms with Crippen molar-refractivity contribution in [3.63, 3.8) is 0 Å². The summed E-state index contributed by atoms with van der Waals surface area (Å²) in [5.41, 5.74) is 8.45. The standard InChI is InChI=1S/C13H18N4O.2ClH/c1-9-4-3-5-17-8-11(16-13(9)17)7-15-12(18)6-10(2)14;;/h3-5,8,10H,6-7,14H2,1-2H3,(H,15,18);2*1H. The summed E-state index contributed by atoms with van der Waals surface area (Å²) in [4.78, 5) is 16.0. The van der Waals surface area contributed by atoms with Crippen LogP contribution in [0, 0.1) is 6.92 Å². The number of fused-ring (bicyclic) bond motifs is 1. The highest BCUT2D eigenvalue weighted by molar-refractivity contribution is 5.85. The van der Waals surface area contributed by atoms with E-state index in [1.165, 1.54) is 0 Å². The molecule has 2 heterocycles. The lowest BCUT2D eigenvalue weighted by Crippen LogP contribution is -2.29. The molecule has 0 bridgehead atoms. The summed E-state index contributed by atoms with van der Waals surface area (Å²) in [5, 5.41) is 2.82. The highest BCUT2D eigenvalue weighted by Crippen LogP contribution is 2.09. The van der Waals surface area contributed by atoms with Gasteiger partial charge in [-0.15, -0.1) is 24.8 Å². The second-order valence-corrected chi connectivity index (χ2v) is 4.61. The number of nitrogens with zero attached hydrogens (tertiary/aromatic N) is 2. The van der Waals surface area contributed by atoms with Crippen LogP contribution in [0.25, 0.3) is 5.65 Å². The second-order valence-electron chi connectivity index (χ2n) is 4.61. The van der Waals surface area contributed by atoms with Crippen LogP contribution in [-0.4, -0.2) is 21.3 Å². The Labute approximate surface area is 130 Å². The van der Waals surface area contributed by atoms with Crippen molar-refractivity contribution < 1.29 is 4.79 Å². The van der Waals surface area contributed by atoms with E-state index in [0.29, 0.717) is 13.0 Å². The topological polar surface area (TPSA) is 72.4 Å². The number of nitrogens with one attached hydrogen (secondary N) is 1. The number of carbonyl (C=O) groups is 1. The van der Waals surface area contributed by atoms with Gasteiger partial charge in [-0.25, -0.2) is 4.98 Å². The normalized spacial score (nSPS) is 11.3. The second kappa shape index (κ2) is 8.09. The van der Waals surface area contributed by atoms with Crippen LogP contribution in [-0.2, 0) is 11.3 Å². The SMILES string of the molecule is Cc1cccn2cc(CNC(=O)CC(C)N)nc12.Cl.Cl. The number of aryl methyl sites for hydroxylation is 1. The molecule has 1 unspecified atom stereocenters. The molecule has 5 nitrogen and oxygen atoms in total. The van der Waals surface area contributed by atoms with E-state index in [4.69, 9.17) is 5.73 Å². The molecule has 0 radical (unpaired) electrons. The summed E-state index contributed by atoms with van der Waals surface area (Å²) in [6, 6.07) is 3.87. The maximum absolute atomic E-state index is 11.5. The van der Waals surface area contributed by atoms with E-state index in [2.05, 4.69) is 10.3 Å². The molecular weight excluding hydrogens is 299 g/mol. The minimum absolute atomic E-state index is 0. The minimum Gasteiger partial charge on any atom is -0.350 e. The number of aromatic nitrogens is 2. The molecule has 7 heteroatoms. The number of rotatable bonds is 4. The van der Waals surface area contributed by atoms with E-state index < -0.39 is 0 Å². The zero-order valence-corrected chi connectivity index (χ0v) is 13.1. The van der Waals surface area contributed by atoms with E-state index in [1.807, 2.05) is 42.8 Å². The van der Waals surface area contributed by atoms with Gasteiger partial charge in [-0.3, -0.25) is 4.79 Å². The van der Waals surface area contributed by atoms with Gasteiger partial charge in [-0.05, 0) is 25.5 Å². The molecule has 2 aromatic rings. The number of pyridine rings is 1. The number of hydrogen-bond donors (Lipinski definition) is 2. The molecule has 1 amide bonds. The number of halogens is 2. The monoisotopic (exact) mass is 318 g/mol. The van der Waals surface area contributed by atoms with Crippen LogP contribution in [0.5, 0.6) is 0 Å². The van der Waals surface area contributed by atoms with E-state index in [0.717, 1.165) is 16.9 Å². The van der Waals surface area contributed by atoms with Crippen LogP contribution < -0.4 is 11.1 Å². The largest absolute Gasteiger partial charge is 0.350 e. The molecule has 0 fully saturated rings. The third-order valence-corrected chi connectivity index (χ3v) is 2.70. The van der Waals surface area contributed by atoms with Crippen LogP contribution in [0.15, 0.2) is 24.5 Å². The zero-order valence-electron chi connectivity index (χ0n) is 11.5. The van der Waals surface area contributed by atoms with E-state index >= 15 is 0 Å². The summed E-state index contributed by atoms with van der Waals surface area (Å²) < 4.78 is 1.96. The molecule has 1 atom stereocenters. The Morgan fingerprint density at radius 2 is 2.20 bits per heavy atom. The van der Waals surface area contributed by atoms with Gasteiger partial charge in [0.15, 0.2) is 0 Å². The Bertz CT molecular complexity index is 568. The maximum atomic E-state index is 11.5.